The topological polar surface area (TPSA) is 74.6 Å². The fourth-order valence-corrected chi connectivity index (χ4v) is 3.58. The first-order valence-electron chi connectivity index (χ1n) is 6.71. The quantitative estimate of drug-likeness (QED) is 0.554. The fourth-order valence-electron chi connectivity index (χ4n) is 1.19. The molecule has 2 N–H and O–H groups in total. The van der Waals surface area contributed by atoms with Crippen LogP contribution >= 0.6 is 14.7 Å². The van der Waals surface area contributed by atoms with E-state index in [0.717, 1.165) is 12.8 Å². The monoisotopic (exact) mass is 356 g/mol. The number of rotatable bonds is 6. The third-order valence-corrected chi connectivity index (χ3v) is 8.76. The van der Waals surface area contributed by atoms with Gasteiger partial charge >= 0.3 is 0 Å². The maximum Gasteiger partial charge on any atom is 0.203 e. The molecule has 0 aromatic heterocycles. The molecule has 0 aromatic rings. The summed E-state index contributed by atoms with van der Waals surface area (Å²) < 4.78 is 22.1. The standard InChI is InChI=1S/2C6H15O2P.Fe/c2*1-4-6(3)9(7,8)5-2;/h2*6H,4-5H2,1-3H3,(H,7,8);. The second kappa shape index (κ2) is 11.5. The summed E-state index contributed by atoms with van der Waals surface area (Å²) in [6.07, 6.45) is 2.40. The van der Waals surface area contributed by atoms with Crippen molar-refractivity contribution in [2.75, 3.05) is 12.3 Å². The maximum atomic E-state index is 11.1. The van der Waals surface area contributed by atoms with Crippen LogP contribution in [-0.2, 0) is 26.2 Å². The molecular formula is C12H30FeO4P2. The van der Waals surface area contributed by atoms with Gasteiger partial charge in [0.15, 0.2) is 0 Å². The molecule has 0 rings (SSSR count). The van der Waals surface area contributed by atoms with Gasteiger partial charge in [-0.1, -0.05) is 41.5 Å². The minimum atomic E-state index is -2.76. The zero-order valence-corrected chi connectivity index (χ0v) is 15.8. The van der Waals surface area contributed by atoms with E-state index < -0.39 is 14.7 Å². The Hall–Kier alpha value is 0.899. The van der Waals surface area contributed by atoms with Crippen molar-refractivity contribution in [3.05, 3.63) is 0 Å². The van der Waals surface area contributed by atoms with Crippen molar-refractivity contribution in [2.24, 2.45) is 0 Å². The Balaban J connectivity index is -0.000000256. The molecule has 0 aliphatic carbocycles. The molecule has 4 nitrogen and oxygen atoms in total. The smallest absolute Gasteiger partial charge is 0.203 e. The average Bonchev–Trinajstić information content (AvgIpc) is 2.37. The molecular weight excluding hydrogens is 326 g/mol. The van der Waals surface area contributed by atoms with Gasteiger partial charge in [-0.05, 0) is 12.8 Å². The third kappa shape index (κ3) is 10.3. The van der Waals surface area contributed by atoms with Gasteiger partial charge < -0.3 is 9.79 Å². The molecule has 0 saturated carbocycles. The molecule has 0 radical (unpaired) electrons. The summed E-state index contributed by atoms with van der Waals surface area (Å²) in [5.74, 6) is 0. The molecule has 0 fully saturated rings. The average molecular weight is 356 g/mol. The zero-order chi connectivity index (χ0) is 15.0. The minimum absolute atomic E-state index is 0. The SMILES string of the molecule is CCC(C)P(=O)(O)CC.CCC(C)P(=O)(O)CC.[Fe]. The summed E-state index contributed by atoms with van der Waals surface area (Å²) in [7, 11) is -5.53. The van der Waals surface area contributed by atoms with Crippen LogP contribution in [0, 0.1) is 0 Å². The molecule has 0 amide bonds. The summed E-state index contributed by atoms with van der Waals surface area (Å²) >= 11 is 0. The zero-order valence-electron chi connectivity index (χ0n) is 12.9. The summed E-state index contributed by atoms with van der Waals surface area (Å²) in [5, 5.41) is 0. The molecule has 19 heavy (non-hydrogen) atoms. The Morgan fingerprint density at radius 2 is 1.00 bits per heavy atom. The van der Waals surface area contributed by atoms with Crippen LogP contribution in [0.15, 0.2) is 0 Å². The van der Waals surface area contributed by atoms with Crippen molar-refractivity contribution < 1.29 is 36.0 Å². The molecule has 7 heteroatoms. The Morgan fingerprint density at radius 1 is 0.789 bits per heavy atom. The van der Waals surface area contributed by atoms with E-state index in [-0.39, 0.29) is 28.4 Å². The Labute approximate surface area is 129 Å². The van der Waals surface area contributed by atoms with Crippen LogP contribution in [0.3, 0.4) is 0 Å². The second-order valence-electron chi connectivity index (χ2n) is 4.66. The van der Waals surface area contributed by atoms with Gasteiger partial charge in [0.05, 0.1) is 0 Å². The third-order valence-electron chi connectivity index (χ3n) is 3.47. The van der Waals surface area contributed by atoms with Crippen LogP contribution in [0.5, 0.6) is 0 Å². The van der Waals surface area contributed by atoms with Crippen LogP contribution in [0.4, 0.5) is 0 Å². The molecule has 0 bridgehead atoms. The van der Waals surface area contributed by atoms with Crippen molar-refractivity contribution in [3.8, 4) is 0 Å². The van der Waals surface area contributed by atoms with Gasteiger partial charge in [-0.2, -0.15) is 0 Å². The molecule has 120 valence electrons. The second-order valence-corrected chi connectivity index (χ2v) is 10.7. The van der Waals surface area contributed by atoms with E-state index in [0.29, 0.717) is 12.3 Å². The van der Waals surface area contributed by atoms with Crippen LogP contribution < -0.4 is 0 Å². The van der Waals surface area contributed by atoms with Gasteiger partial charge in [0.2, 0.25) is 14.7 Å². The molecule has 0 aliphatic rings. The van der Waals surface area contributed by atoms with E-state index >= 15 is 0 Å². The Kier molecular flexibility index (Phi) is 15.1. The first kappa shape index (κ1) is 24.9. The van der Waals surface area contributed by atoms with Gasteiger partial charge in [-0.3, -0.25) is 9.13 Å². The number of hydrogen-bond donors (Lipinski definition) is 2. The van der Waals surface area contributed by atoms with Gasteiger partial charge in [0, 0.05) is 40.7 Å². The van der Waals surface area contributed by atoms with Crippen LogP contribution in [0.1, 0.15) is 54.4 Å². The van der Waals surface area contributed by atoms with Gasteiger partial charge in [-0.25, -0.2) is 0 Å². The van der Waals surface area contributed by atoms with Gasteiger partial charge in [-0.15, -0.1) is 0 Å². The molecule has 0 aromatic carbocycles. The van der Waals surface area contributed by atoms with Crippen LogP contribution in [-0.4, -0.2) is 33.4 Å². The van der Waals surface area contributed by atoms with E-state index in [2.05, 4.69) is 0 Å². The van der Waals surface area contributed by atoms with E-state index in [1.807, 2.05) is 27.7 Å². The van der Waals surface area contributed by atoms with Crippen molar-refractivity contribution in [1.29, 1.82) is 0 Å². The van der Waals surface area contributed by atoms with Crippen LogP contribution in [0.25, 0.3) is 0 Å². The maximum absolute atomic E-state index is 11.1. The molecule has 4 atom stereocenters. The fraction of sp³-hybridized carbons (Fsp3) is 1.00. The summed E-state index contributed by atoms with van der Waals surface area (Å²) in [6, 6.07) is 0. The largest absolute Gasteiger partial charge is 0.344 e. The molecule has 0 aliphatic heterocycles. The predicted octanol–water partition coefficient (Wildman–Crippen LogP) is 4.15. The molecule has 0 heterocycles. The molecule has 0 saturated heterocycles. The van der Waals surface area contributed by atoms with E-state index in [1.165, 1.54) is 0 Å². The summed E-state index contributed by atoms with van der Waals surface area (Å²) in [6.45, 7) is 11.0. The van der Waals surface area contributed by atoms with Crippen molar-refractivity contribution in [1.82, 2.24) is 0 Å². The van der Waals surface area contributed by atoms with Crippen molar-refractivity contribution in [3.63, 3.8) is 0 Å². The minimum Gasteiger partial charge on any atom is -0.344 e. The summed E-state index contributed by atoms with van der Waals surface area (Å²) in [5.41, 5.74) is -0.0509. The Morgan fingerprint density at radius 3 is 1.05 bits per heavy atom. The Bertz CT molecular complexity index is 280. The van der Waals surface area contributed by atoms with E-state index in [4.69, 9.17) is 9.79 Å². The van der Waals surface area contributed by atoms with Gasteiger partial charge in [0.1, 0.15) is 0 Å². The van der Waals surface area contributed by atoms with Crippen molar-refractivity contribution >= 4 is 14.7 Å². The van der Waals surface area contributed by atoms with Crippen LogP contribution in [0.2, 0.25) is 0 Å². The first-order valence-corrected chi connectivity index (χ1v) is 10.5. The first-order chi connectivity index (χ1) is 8.08. The van der Waals surface area contributed by atoms with Gasteiger partial charge in [0.25, 0.3) is 0 Å². The molecule has 4 unspecified atom stereocenters. The number of hydrogen-bond acceptors (Lipinski definition) is 2. The predicted molar refractivity (Wildman–Crippen MR) is 80.2 cm³/mol. The van der Waals surface area contributed by atoms with E-state index in [1.54, 1.807) is 13.8 Å². The van der Waals surface area contributed by atoms with Crippen molar-refractivity contribution in [2.45, 2.75) is 65.7 Å². The normalized spacial score (nSPS) is 19.8. The summed E-state index contributed by atoms with van der Waals surface area (Å²) in [4.78, 5) is 18.3. The molecule has 0 spiro atoms. The van der Waals surface area contributed by atoms with E-state index in [9.17, 15) is 9.13 Å².